The van der Waals surface area contributed by atoms with Gasteiger partial charge in [0.25, 0.3) is 0 Å². The number of nitrogens with two attached hydrogens (primary N) is 1. The zero-order valence-electron chi connectivity index (χ0n) is 11.7. The molecule has 0 bridgehead atoms. The minimum absolute atomic E-state index is 0.175. The van der Waals surface area contributed by atoms with Crippen molar-refractivity contribution in [3.05, 3.63) is 47.5 Å². The molecule has 2 aromatic heterocycles. The minimum Gasteiger partial charge on any atom is -0.329 e. The lowest BCUT2D eigenvalue weighted by Gasteiger charge is -2.26. The minimum atomic E-state index is 0.175. The van der Waals surface area contributed by atoms with E-state index in [2.05, 4.69) is 35.0 Å². The lowest BCUT2D eigenvalue weighted by molar-refractivity contribution is 0.240. The van der Waals surface area contributed by atoms with Crippen LogP contribution in [-0.2, 0) is 13.6 Å². The van der Waals surface area contributed by atoms with Crippen molar-refractivity contribution in [3.8, 4) is 0 Å². The van der Waals surface area contributed by atoms with Gasteiger partial charge in [0.15, 0.2) is 0 Å². The summed E-state index contributed by atoms with van der Waals surface area (Å²) in [6.07, 6.45) is 5.59. The summed E-state index contributed by atoms with van der Waals surface area (Å²) in [6.45, 7) is 3.47. The van der Waals surface area contributed by atoms with E-state index in [1.807, 2.05) is 30.2 Å². The van der Waals surface area contributed by atoms with Crippen LogP contribution in [0.1, 0.15) is 22.9 Å². The largest absolute Gasteiger partial charge is 0.329 e. The molecule has 1 atom stereocenters. The number of aryl methyl sites for hydroxylation is 1. The molecule has 0 radical (unpaired) electrons. The molecule has 0 saturated carbocycles. The van der Waals surface area contributed by atoms with Gasteiger partial charge in [-0.25, -0.2) is 0 Å². The molecule has 0 spiro atoms. The Kier molecular flexibility index (Phi) is 4.29. The van der Waals surface area contributed by atoms with Crippen molar-refractivity contribution in [2.75, 3.05) is 13.6 Å². The van der Waals surface area contributed by atoms with Crippen molar-refractivity contribution in [1.82, 2.24) is 19.7 Å². The van der Waals surface area contributed by atoms with Gasteiger partial charge in [-0.05, 0) is 25.6 Å². The van der Waals surface area contributed by atoms with E-state index in [-0.39, 0.29) is 6.04 Å². The van der Waals surface area contributed by atoms with E-state index in [1.165, 1.54) is 11.1 Å². The van der Waals surface area contributed by atoms with Crippen molar-refractivity contribution >= 4 is 0 Å². The normalized spacial score (nSPS) is 12.9. The van der Waals surface area contributed by atoms with Crippen LogP contribution in [0.4, 0.5) is 0 Å². The molecule has 5 heteroatoms. The molecule has 0 fully saturated rings. The molecule has 2 aromatic rings. The van der Waals surface area contributed by atoms with Crippen LogP contribution >= 0.6 is 0 Å². The second-order valence-electron chi connectivity index (χ2n) is 4.84. The molecule has 0 aliphatic heterocycles. The maximum Gasteiger partial charge on any atom is 0.0540 e. The molecule has 19 heavy (non-hydrogen) atoms. The average Bonchev–Trinajstić information content (AvgIpc) is 2.73. The molecule has 0 saturated heterocycles. The molecule has 2 heterocycles. The lowest BCUT2D eigenvalue weighted by atomic mass is 10.1. The average molecular weight is 259 g/mol. The molecule has 0 aromatic carbocycles. The van der Waals surface area contributed by atoms with Crippen LogP contribution < -0.4 is 5.73 Å². The van der Waals surface area contributed by atoms with E-state index in [4.69, 9.17) is 5.73 Å². The Balaban J connectivity index is 2.16. The number of aromatic nitrogens is 3. The zero-order chi connectivity index (χ0) is 13.8. The van der Waals surface area contributed by atoms with Gasteiger partial charge in [-0.3, -0.25) is 14.6 Å². The van der Waals surface area contributed by atoms with E-state index in [9.17, 15) is 0 Å². The number of likely N-dealkylation sites (N-methyl/N-ethyl adjacent to an activating group) is 1. The number of nitrogens with zero attached hydrogens (tertiary/aromatic N) is 4. The van der Waals surface area contributed by atoms with Crippen LogP contribution in [0.5, 0.6) is 0 Å². The van der Waals surface area contributed by atoms with E-state index in [0.717, 1.165) is 12.2 Å². The third-order valence-corrected chi connectivity index (χ3v) is 3.54. The Morgan fingerprint density at radius 3 is 2.74 bits per heavy atom. The Hall–Kier alpha value is -1.72. The van der Waals surface area contributed by atoms with Gasteiger partial charge in [0.1, 0.15) is 0 Å². The second kappa shape index (κ2) is 5.95. The fourth-order valence-electron chi connectivity index (χ4n) is 2.28. The Labute approximate surface area is 114 Å². The van der Waals surface area contributed by atoms with E-state index in [1.54, 1.807) is 6.20 Å². The summed E-state index contributed by atoms with van der Waals surface area (Å²) in [5, 5.41) is 4.30. The molecular weight excluding hydrogens is 238 g/mol. The quantitative estimate of drug-likeness (QED) is 0.878. The lowest BCUT2D eigenvalue weighted by Crippen LogP contribution is -2.30. The molecule has 0 aliphatic rings. The zero-order valence-corrected chi connectivity index (χ0v) is 11.7. The summed E-state index contributed by atoms with van der Waals surface area (Å²) in [6, 6.07) is 4.21. The summed E-state index contributed by atoms with van der Waals surface area (Å²) < 4.78 is 1.88. The van der Waals surface area contributed by atoms with Crippen molar-refractivity contribution in [2.24, 2.45) is 12.8 Å². The first-order chi connectivity index (χ1) is 9.13. The van der Waals surface area contributed by atoms with E-state index < -0.39 is 0 Å². The first-order valence-corrected chi connectivity index (χ1v) is 6.41. The van der Waals surface area contributed by atoms with Gasteiger partial charge in [-0.2, -0.15) is 5.10 Å². The van der Waals surface area contributed by atoms with Gasteiger partial charge in [0.2, 0.25) is 0 Å². The van der Waals surface area contributed by atoms with Crippen molar-refractivity contribution in [2.45, 2.75) is 19.5 Å². The van der Waals surface area contributed by atoms with Crippen LogP contribution in [-0.4, -0.2) is 33.3 Å². The standard InChI is InChI=1S/C14H21N5/c1-11-13(9-17-19(11)3)14(7-15)18(2)10-12-5-4-6-16-8-12/h4-6,8-9,14H,7,10,15H2,1-3H3. The fourth-order valence-corrected chi connectivity index (χ4v) is 2.28. The van der Waals surface area contributed by atoms with Gasteiger partial charge >= 0.3 is 0 Å². The summed E-state index contributed by atoms with van der Waals surface area (Å²) in [5.41, 5.74) is 9.48. The number of hydrogen-bond donors (Lipinski definition) is 1. The SMILES string of the molecule is Cc1c(C(CN)N(C)Cc2cccnc2)cnn1C. The first kappa shape index (κ1) is 13.7. The Morgan fingerprint density at radius 1 is 1.42 bits per heavy atom. The summed E-state index contributed by atoms with van der Waals surface area (Å²) >= 11 is 0. The smallest absolute Gasteiger partial charge is 0.0540 e. The Morgan fingerprint density at radius 2 is 2.21 bits per heavy atom. The maximum atomic E-state index is 5.94. The molecule has 2 N–H and O–H groups in total. The fraction of sp³-hybridized carbons (Fsp3) is 0.429. The van der Waals surface area contributed by atoms with Crippen LogP contribution in [0.2, 0.25) is 0 Å². The maximum absolute atomic E-state index is 5.94. The van der Waals surface area contributed by atoms with Crippen molar-refractivity contribution in [1.29, 1.82) is 0 Å². The molecule has 1 unspecified atom stereocenters. The molecule has 102 valence electrons. The highest BCUT2D eigenvalue weighted by atomic mass is 15.3. The molecule has 0 aliphatic carbocycles. The third-order valence-electron chi connectivity index (χ3n) is 3.54. The third kappa shape index (κ3) is 3.00. The van der Waals surface area contributed by atoms with Crippen molar-refractivity contribution in [3.63, 3.8) is 0 Å². The van der Waals surface area contributed by atoms with Gasteiger partial charge in [0, 0.05) is 43.8 Å². The molecule has 5 nitrogen and oxygen atoms in total. The first-order valence-electron chi connectivity index (χ1n) is 6.41. The topological polar surface area (TPSA) is 60.0 Å². The Bertz CT molecular complexity index is 520. The van der Waals surface area contributed by atoms with E-state index in [0.29, 0.717) is 6.54 Å². The monoisotopic (exact) mass is 259 g/mol. The van der Waals surface area contributed by atoms with Gasteiger partial charge in [-0.1, -0.05) is 6.07 Å². The predicted molar refractivity (Wildman–Crippen MR) is 75.4 cm³/mol. The summed E-state index contributed by atoms with van der Waals surface area (Å²) in [7, 11) is 4.03. The predicted octanol–water partition coefficient (Wildman–Crippen LogP) is 1.26. The number of rotatable bonds is 5. The van der Waals surface area contributed by atoms with Gasteiger partial charge in [0.05, 0.1) is 12.2 Å². The molecule has 2 rings (SSSR count). The van der Waals surface area contributed by atoms with Gasteiger partial charge in [-0.15, -0.1) is 0 Å². The van der Waals surface area contributed by atoms with Crippen LogP contribution in [0, 0.1) is 6.92 Å². The summed E-state index contributed by atoms with van der Waals surface area (Å²) in [5.74, 6) is 0. The molecular formula is C14H21N5. The highest BCUT2D eigenvalue weighted by molar-refractivity contribution is 5.21. The highest BCUT2D eigenvalue weighted by Gasteiger charge is 2.19. The highest BCUT2D eigenvalue weighted by Crippen LogP contribution is 2.22. The van der Waals surface area contributed by atoms with Crippen LogP contribution in [0.15, 0.2) is 30.7 Å². The molecule has 0 amide bonds. The number of hydrogen-bond acceptors (Lipinski definition) is 4. The summed E-state index contributed by atoms with van der Waals surface area (Å²) in [4.78, 5) is 6.38. The number of pyridine rings is 1. The van der Waals surface area contributed by atoms with Crippen LogP contribution in [0.3, 0.4) is 0 Å². The van der Waals surface area contributed by atoms with Crippen LogP contribution in [0.25, 0.3) is 0 Å². The van der Waals surface area contributed by atoms with Gasteiger partial charge < -0.3 is 5.73 Å². The van der Waals surface area contributed by atoms with Crippen molar-refractivity contribution < 1.29 is 0 Å². The van der Waals surface area contributed by atoms with E-state index >= 15 is 0 Å². The second-order valence-corrected chi connectivity index (χ2v) is 4.84.